The number of allylic oxidation sites excluding steroid dienone is 6. The molecule has 2 heteroatoms. The van der Waals surface area contributed by atoms with Gasteiger partial charge in [-0.2, -0.15) is 0 Å². The van der Waals surface area contributed by atoms with Crippen molar-refractivity contribution in [3.63, 3.8) is 0 Å². The van der Waals surface area contributed by atoms with Crippen molar-refractivity contribution in [3.05, 3.63) is 58.6 Å². The summed E-state index contributed by atoms with van der Waals surface area (Å²) in [6.45, 7) is 8.56. The third-order valence-corrected chi connectivity index (χ3v) is 4.64. The van der Waals surface area contributed by atoms with Crippen LogP contribution >= 0.6 is 11.3 Å². The summed E-state index contributed by atoms with van der Waals surface area (Å²) in [7, 11) is 0. The Morgan fingerprint density at radius 3 is 2.75 bits per heavy atom. The van der Waals surface area contributed by atoms with E-state index in [1.165, 1.54) is 21.4 Å². The fraction of sp³-hybridized carbons (Fsp3) is 0.278. The van der Waals surface area contributed by atoms with Crippen LogP contribution in [0.2, 0.25) is 0 Å². The van der Waals surface area contributed by atoms with Crippen LogP contribution in [0.4, 0.5) is 0 Å². The highest BCUT2D eigenvalue weighted by Gasteiger charge is 2.10. The van der Waals surface area contributed by atoms with Gasteiger partial charge in [0, 0.05) is 5.57 Å². The molecule has 0 fully saturated rings. The van der Waals surface area contributed by atoms with Gasteiger partial charge in [0.15, 0.2) is 0 Å². The van der Waals surface area contributed by atoms with Gasteiger partial charge in [-0.05, 0) is 38.8 Å². The molecule has 2 rings (SSSR count). The molecule has 0 aliphatic heterocycles. The molecule has 0 spiro atoms. The topological polar surface area (TPSA) is 12.9 Å². The van der Waals surface area contributed by atoms with Crippen LogP contribution in [-0.2, 0) is 0 Å². The fourth-order valence-corrected chi connectivity index (χ4v) is 3.19. The van der Waals surface area contributed by atoms with Crippen LogP contribution in [0, 0.1) is 6.92 Å². The molecule has 1 aromatic heterocycles. The maximum Gasteiger partial charge on any atom is 0.124 e. The summed E-state index contributed by atoms with van der Waals surface area (Å²) in [5, 5.41) is 1.12. The number of fused-ring (bicyclic) bond motifs is 1. The summed E-state index contributed by atoms with van der Waals surface area (Å²) in [6.07, 6.45) is 9.41. The van der Waals surface area contributed by atoms with Crippen LogP contribution in [0.3, 0.4) is 0 Å². The summed E-state index contributed by atoms with van der Waals surface area (Å²) in [4.78, 5) is 4.81. The Morgan fingerprint density at radius 1 is 1.30 bits per heavy atom. The van der Waals surface area contributed by atoms with Crippen molar-refractivity contribution in [3.8, 4) is 0 Å². The van der Waals surface area contributed by atoms with Gasteiger partial charge < -0.3 is 0 Å². The zero-order valence-corrected chi connectivity index (χ0v) is 13.4. The lowest BCUT2D eigenvalue weighted by Gasteiger charge is -2.02. The van der Waals surface area contributed by atoms with Gasteiger partial charge in [-0.1, -0.05) is 48.9 Å². The largest absolute Gasteiger partial charge is 0.236 e. The average molecular weight is 283 g/mol. The van der Waals surface area contributed by atoms with E-state index in [4.69, 9.17) is 4.98 Å². The number of benzene rings is 1. The Hall–Kier alpha value is -1.67. The first kappa shape index (κ1) is 14.7. The van der Waals surface area contributed by atoms with Crippen molar-refractivity contribution < 1.29 is 0 Å². The van der Waals surface area contributed by atoms with E-state index in [1.807, 2.05) is 13.0 Å². The number of rotatable bonds is 4. The minimum absolute atomic E-state index is 1.05. The second kappa shape index (κ2) is 6.67. The zero-order valence-electron chi connectivity index (χ0n) is 12.6. The van der Waals surface area contributed by atoms with Crippen LogP contribution in [0.15, 0.2) is 48.1 Å². The molecule has 0 bridgehead atoms. The SMILES string of the molecule is C/C=C\C=C/C(=C(C)CC)c1nc2cccc(C)c2s1. The Bertz CT molecular complexity index is 687. The third kappa shape index (κ3) is 3.07. The van der Waals surface area contributed by atoms with Crippen molar-refractivity contribution in [2.24, 2.45) is 0 Å². The lowest BCUT2D eigenvalue weighted by molar-refractivity contribution is 1.10. The average Bonchev–Trinajstić information content (AvgIpc) is 2.88. The normalized spacial score (nSPS) is 13.6. The van der Waals surface area contributed by atoms with E-state index in [9.17, 15) is 0 Å². The van der Waals surface area contributed by atoms with E-state index in [2.05, 4.69) is 57.2 Å². The summed E-state index contributed by atoms with van der Waals surface area (Å²) < 4.78 is 1.29. The first-order chi connectivity index (χ1) is 9.67. The predicted molar refractivity (Wildman–Crippen MR) is 91.2 cm³/mol. The molecular formula is C18H21NS. The minimum atomic E-state index is 1.05. The van der Waals surface area contributed by atoms with E-state index >= 15 is 0 Å². The summed E-state index contributed by atoms with van der Waals surface area (Å²) in [5.74, 6) is 0. The van der Waals surface area contributed by atoms with E-state index in [1.54, 1.807) is 11.3 Å². The Kier molecular flexibility index (Phi) is 4.91. The van der Waals surface area contributed by atoms with E-state index < -0.39 is 0 Å². The Labute approximate surface area is 125 Å². The number of thiazole rings is 1. The second-order valence-corrected chi connectivity index (χ2v) is 5.87. The van der Waals surface area contributed by atoms with Crippen LogP contribution in [0.25, 0.3) is 15.8 Å². The minimum Gasteiger partial charge on any atom is -0.236 e. The van der Waals surface area contributed by atoms with Gasteiger partial charge in [0.2, 0.25) is 0 Å². The third-order valence-electron chi connectivity index (χ3n) is 3.40. The lowest BCUT2D eigenvalue weighted by atomic mass is 10.1. The highest BCUT2D eigenvalue weighted by molar-refractivity contribution is 7.19. The highest BCUT2D eigenvalue weighted by atomic mass is 32.1. The maximum atomic E-state index is 4.81. The van der Waals surface area contributed by atoms with Crippen LogP contribution in [0.1, 0.15) is 37.8 Å². The van der Waals surface area contributed by atoms with Crippen molar-refractivity contribution in [2.75, 3.05) is 0 Å². The monoisotopic (exact) mass is 283 g/mol. The number of aromatic nitrogens is 1. The second-order valence-electron chi connectivity index (χ2n) is 4.87. The molecule has 1 nitrogen and oxygen atoms in total. The van der Waals surface area contributed by atoms with Gasteiger partial charge in [0.1, 0.15) is 5.01 Å². The number of nitrogens with zero attached hydrogens (tertiary/aromatic N) is 1. The quantitative estimate of drug-likeness (QED) is 0.635. The molecule has 0 atom stereocenters. The standard InChI is InChI=1S/C18H21NS/c1-5-7-8-11-15(13(3)6-2)18-19-16-12-9-10-14(4)17(16)20-18/h5,7-12H,6H2,1-4H3/b7-5-,11-8-,15-13?. The van der Waals surface area contributed by atoms with Crippen molar-refractivity contribution >= 4 is 27.1 Å². The van der Waals surface area contributed by atoms with Gasteiger partial charge >= 0.3 is 0 Å². The Balaban J connectivity index is 2.54. The summed E-state index contributed by atoms with van der Waals surface area (Å²) in [6, 6.07) is 6.32. The fourth-order valence-electron chi connectivity index (χ4n) is 2.05. The molecule has 0 unspecified atom stereocenters. The van der Waals surface area contributed by atoms with Gasteiger partial charge in [0.25, 0.3) is 0 Å². The molecule has 0 aliphatic carbocycles. The molecule has 1 aromatic carbocycles. The molecule has 0 saturated heterocycles. The molecule has 104 valence electrons. The first-order valence-corrected chi connectivity index (χ1v) is 7.84. The predicted octanol–water partition coefficient (Wildman–Crippen LogP) is 5.92. The van der Waals surface area contributed by atoms with Crippen molar-refractivity contribution in [1.82, 2.24) is 4.98 Å². The van der Waals surface area contributed by atoms with Crippen molar-refractivity contribution in [1.29, 1.82) is 0 Å². The lowest BCUT2D eigenvalue weighted by Crippen LogP contribution is -1.84. The van der Waals surface area contributed by atoms with Gasteiger partial charge in [0.05, 0.1) is 10.2 Å². The molecule has 20 heavy (non-hydrogen) atoms. The molecule has 0 N–H and O–H groups in total. The Morgan fingerprint density at radius 2 is 2.10 bits per heavy atom. The molecular weight excluding hydrogens is 262 g/mol. The van der Waals surface area contributed by atoms with Gasteiger partial charge in [-0.25, -0.2) is 4.98 Å². The molecule has 2 aromatic rings. The molecule has 0 amide bonds. The molecule has 0 aliphatic rings. The summed E-state index contributed by atoms with van der Waals surface area (Å²) in [5.41, 5.74) is 5.04. The maximum absolute atomic E-state index is 4.81. The number of aryl methyl sites for hydroxylation is 1. The van der Waals surface area contributed by atoms with Gasteiger partial charge in [-0.3, -0.25) is 0 Å². The number of hydrogen-bond donors (Lipinski definition) is 0. The van der Waals surface area contributed by atoms with Crippen LogP contribution < -0.4 is 0 Å². The zero-order chi connectivity index (χ0) is 14.5. The van der Waals surface area contributed by atoms with Gasteiger partial charge in [-0.15, -0.1) is 11.3 Å². The smallest absolute Gasteiger partial charge is 0.124 e. The molecule has 1 heterocycles. The molecule has 0 saturated carbocycles. The van der Waals surface area contributed by atoms with Crippen molar-refractivity contribution in [2.45, 2.75) is 34.1 Å². The highest BCUT2D eigenvalue weighted by Crippen LogP contribution is 2.32. The van der Waals surface area contributed by atoms with Crippen LogP contribution in [-0.4, -0.2) is 4.98 Å². The first-order valence-electron chi connectivity index (χ1n) is 7.03. The van der Waals surface area contributed by atoms with E-state index in [0.717, 1.165) is 16.9 Å². The van der Waals surface area contributed by atoms with E-state index in [0.29, 0.717) is 0 Å². The molecule has 0 radical (unpaired) electrons. The summed E-state index contributed by atoms with van der Waals surface area (Å²) >= 11 is 1.79. The van der Waals surface area contributed by atoms with Crippen LogP contribution in [0.5, 0.6) is 0 Å². The van der Waals surface area contributed by atoms with E-state index in [-0.39, 0.29) is 0 Å². The number of hydrogen-bond acceptors (Lipinski definition) is 2.